The van der Waals surface area contributed by atoms with Crippen LogP contribution in [0.5, 0.6) is 0 Å². The Balaban J connectivity index is 1.57. The van der Waals surface area contributed by atoms with Gasteiger partial charge in [0.2, 0.25) is 10.1 Å². The highest BCUT2D eigenvalue weighted by molar-refractivity contribution is 7.20. The number of anilines is 1. The number of benzene rings is 2. The van der Waals surface area contributed by atoms with E-state index < -0.39 is 0 Å². The number of halogens is 1. The van der Waals surface area contributed by atoms with Crippen LogP contribution in [0.15, 0.2) is 60.8 Å². The smallest absolute Gasteiger partial charge is 0.214 e. The van der Waals surface area contributed by atoms with E-state index in [0.717, 1.165) is 33.3 Å². The zero-order valence-electron chi connectivity index (χ0n) is 14.3. The molecule has 2 aromatic carbocycles. The monoisotopic (exact) mass is 393 g/mol. The summed E-state index contributed by atoms with van der Waals surface area (Å²) >= 11 is 7.44. The van der Waals surface area contributed by atoms with E-state index in [1.54, 1.807) is 4.52 Å². The van der Waals surface area contributed by atoms with Gasteiger partial charge in [0.05, 0.1) is 24.0 Å². The summed E-state index contributed by atoms with van der Waals surface area (Å²) in [5.41, 5.74) is 3.01. The van der Waals surface area contributed by atoms with Gasteiger partial charge in [0.25, 0.3) is 0 Å². The molecule has 1 atom stereocenters. The molecule has 1 unspecified atom stereocenters. The summed E-state index contributed by atoms with van der Waals surface area (Å²) < 4.78 is 1.78. The van der Waals surface area contributed by atoms with Gasteiger partial charge in [-0.15, -0.1) is 5.10 Å². The zero-order valence-corrected chi connectivity index (χ0v) is 15.9. The third kappa shape index (κ3) is 3.95. The van der Waals surface area contributed by atoms with E-state index in [0.29, 0.717) is 11.4 Å². The molecule has 27 heavy (non-hydrogen) atoms. The van der Waals surface area contributed by atoms with Gasteiger partial charge in [0.1, 0.15) is 0 Å². The molecule has 7 heteroatoms. The molecular weight excluding hydrogens is 378 g/mol. The molecule has 2 heterocycles. The average molecular weight is 394 g/mol. The quantitative estimate of drug-likeness (QED) is 0.465. The van der Waals surface area contributed by atoms with Crippen molar-refractivity contribution in [3.8, 4) is 17.3 Å². The molecule has 0 saturated carbocycles. The second kappa shape index (κ2) is 7.78. The Bertz CT molecular complexity index is 1050. The van der Waals surface area contributed by atoms with Crippen LogP contribution >= 0.6 is 22.9 Å². The third-order valence-corrected chi connectivity index (χ3v) is 5.33. The predicted octanol–water partition coefficient (Wildman–Crippen LogP) is 5.57. The number of nitriles is 1. The highest BCUT2D eigenvalue weighted by atomic mass is 35.5. The first-order valence-corrected chi connectivity index (χ1v) is 9.73. The number of nitrogens with one attached hydrogen (secondary N) is 1. The van der Waals surface area contributed by atoms with Crippen molar-refractivity contribution in [1.82, 2.24) is 14.6 Å². The van der Waals surface area contributed by atoms with Crippen molar-refractivity contribution in [3.05, 3.63) is 71.4 Å². The van der Waals surface area contributed by atoms with E-state index in [1.165, 1.54) is 11.3 Å². The van der Waals surface area contributed by atoms with Gasteiger partial charge in [0, 0.05) is 17.0 Å². The summed E-state index contributed by atoms with van der Waals surface area (Å²) in [4.78, 5) is 5.47. The third-order valence-electron chi connectivity index (χ3n) is 4.23. The standard InChI is InChI=1S/C20H16ClN5S/c21-16-10-8-15(9-11-16)18-13-26-20(24-18)27-19(25-26)23-17(7-4-12-22)14-5-2-1-3-6-14/h1-3,5-6,8-11,13,17H,4,7H2,(H,23,25). The fourth-order valence-electron chi connectivity index (χ4n) is 2.88. The Kier molecular flexibility index (Phi) is 5.05. The molecule has 0 aliphatic rings. The molecule has 134 valence electrons. The molecule has 4 aromatic rings. The Morgan fingerprint density at radius 2 is 1.93 bits per heavy atom. The van der Waals surface area contributed by atoms with Crippen molar-refractivity contribution in [1.29, 1.82) is 5.26 Å². The maximum Gasteiger partial charge on any atom is 0.214 e. The van der Waals surface area contributed by atoms with Crippen molar-refractivity contribution >= 4 is 33.0 Å². The van der Waals surface area contributed by atoms with Crippen molar-refractivity contribution in [2.45, 2.75) is 18.9 Å². The lowest BCUT2D eigenvalue weighted by molar-refractivity contribution is 0.705. The predicted molar refractivity (Wildman–Crippen MR) is 109 cm³/mol. The van der Waals surface area contributed by atoms with Crippen LogP contribution in [0.1, 0.15) is 24.4 Å². The number of rotatable bonds is 6. The lowest BCUT2D eigenvalue weighted by Crippen LogP contribution is -2.10. The van der Waals surface area contributed by atoms with Crippen LogP contribution in [0.2, 0.25) is 5.02 Å². The van der Waals surface area contributed by atoms with Crippen LogP contribution in [0.3, 0.4) is 0 Å². The molecule has 2 aromatic heterocycles. The van der Waals surface area contributed by atoms with Crippen molar-refractivity contribution in [3.63, 3.8) is 0 Å². The van der Waals surface area contributed by atoms with Gasteiger partial charge in [-0.25, -0.2) is 9.50 Å². The fourth-order valence-corrected chi connectivity index (χ4v) is 3.84. The van der Waals surface area contributed by atoms with E-state index in [1.807, 2.05) is 48.7 Å². The van der Waals surface area contributed by atoms with E-state index in [4.69, 9.17) is 16.9 Å². The lowest BCUT2D eigenvalue weighted by atomic mass is 10.0. The van der Waals surface area contributed by atoms with E-state index in [-0.39, 0.29) is 6.04 Å². The van der Waals surface area contributed by atoms with Gasteiger partial charge < -0.3 is 5.32 Å². The molecule has 1 N–H and O–H groups in total. The largest absolute Gasteiger partial charge is 0.353 e. The maximum atomic E-state index is 8.95. The lowest BCUT2D eigenvalue weighted by Gasteiger charge is -2.17. The van der Waals surface area contributed by atoms with E-state index in [9.17, 15) is 0 Å². The van der Waals surface area contributed by atoms with Crippen LogP contribution in [-0.4, -0.2) is 14.6 Å². The highest BCUT2D eigenvalue weighted by Gasteiger charge is 2.15. The summed E-state index contributed by atoms with van der Waals surface area (Å²) in [6.07, 6.45) is 3.11. The van der Waals surface area contributed by atoms with Gasteiger partial charge in [-0.3, -0.25) is 0 Å². The van der Waals surface area contributed by atoms with Crippen LogP contribution in [0.25, 0.3) is 16.2 Å². The van der Waals surface area contributed by atoms with Crippen molar-refractivity contribution in [2.24, 2.45) is 0 Å². The van der Waals surface area contributed by atoms with Crippen molar-refractivity contribution < 1.29 is 0 Å². The first-order valence-electron chi connectivity index (χ1n) is 8.53. The molecule has 0 bridgehead atoms. The summed E-state index contributed by atoms with van der Waals surface area (Å²) in [7, 11) is 0. The Morgan fingerprint density at radius 1 is 1.15 bits per heavy atom. The van der Waals surface area contributed by atoms with Crippen LogP contribution in [0, 0.1) is 11.3 Å². The minimum atomic E-state index is 0.0393. The van der Waals surface area contributed by atoms with Crippen LogP contribution < -0.4 is 5.32 Å². The number of imidazole rings is 1. The molecule has 0 amide bonds. The number of aromatic nitrogens is 3. The molecule has 0 spiro atoms. The number of nitrogens with zero attached hydrogens (tertiary/aromatic N) is 4. The minimum absolute atomic E-state index is 0.0393. The van der Waals surface area contributed by atoms with Gasteiger partial charge in [0.15, 0.2) is 0 Å². The SMILES string of the molecule is N#CCCC(Nc1nn2cc(-c3ccc(Cl)cc3)nc2s1)c1ccccc1. The molecule has 0 aliphatic carbocycles. The maximum absolute atomic E-state index is 8.95. The summed E-state index contributed by atoms with van der Waals surface area (Å²) in [5.74, 6) is 0. The van der Waals surface area contributed by atoms with Gasteiger partial charge in [-0.1, -0.05) is 65.4 Å². The number of hydrogen-bond donors (Lipinski definition) is 1. The van der Waals surface area contributed by atoms with Gasteiger partial charge in [-0.2, -0.15) is 5.26 Å². The fraction of sp³-hybridized carbons (Fsp3) is 0.150. The van der Waals surface area contributed by atoms with Crippen LogP contribution in [-0.2, 0) is 0 Å². The molecule has 0 saturated heterocycles. The van der Waals surface area contributed by atoms with Crippen LogP contribution in [0.4, 0.5) is 5.13 Å². The molecule has 0 radical (unpaired) electrons. The van der Waals surface area contributed by atoms with E-state index in [2.05, 4.69) is 33.6 Å². The molecule has 5 nitrogen and oxygen atoms in total. The Labute approximate surface area is 165 Å². The molecule has 4 rings (SSSR count). The van der Waals surface area contributed by atoms with Gasteiger partial charge in [-0.05, 0) is 24.1 Å². The first kappa shape index (κ1) is 17.5. The summed E-state index contributed by atoms with van der Waals surface area (Å²) in [5, 5.41) is 18.5. The first-order chi connectivity index (χ1) is 13.2. The Hall–Kier alpha value is -2.88. The van der Waals surface area contributed by atoms with E-state index >= 15 is 0 Å². The second-order valence-corrected chi connectivity index (χ2v) is 7.46. The summed E-state index contributed by atoms with van der Waals surface area (Å²) in [6, 6.07) is 20.0. The minimum Gasteiger partial charge on any atom is -0.353 e. The zero-order chi connectivity index (χ0) is 18.6. The molecular formula is C20H16ClN5S. The normalized spacial score (nSPS) is 12.0. The highest BCUT2D eigenvalue weighted by Crippen LogP contribution is 2.29. The topological polar surface area (TPSA) is 66.0 Å². The van der Waals surface area contributed by atoms with Gasteiger partial charge >= 0.3 is 0 Å². The number of fused-ring (bicyclic) bond motifs is 1. The average Bonchev–Trinajstić information content (AvgIpc) is 3.25. The summed E-state index contributed by atoms with van der Waals surface area (Å²) in [6.45, 7) is 0. The second-order valence-electron chi connectivity index (χ2n) is 6.07. The Morgan fingerprint density at radius 3 is 2.63 bits per heavy atom. The van der Waals surface area contributed by atoms with Crippen molar-refractivity contribution in [2.75, 3.05) is 5.32 Å². The number of hydrogen-bond acceptors (Lipinski definition) is 5. The molecule has 0 fully saturated rings. The molecule has 0 aliphatic heterocycles.